The molecule has 0 spiro atoms. The van der Waals surface area contributed by atoms with Crippen LogP contribution in [0, 0.1) is 0 Å². The van der Waals surface area contributed by atoms with Crippen molar-refractivity contribution in [2.75, 3.05) is 6.61 Å². The van der Waals surface area contributed by atoms with E-state index in [1.165, 1.54) is 0 Å². The van der Waals surface area contributed by atoms with Gasteiger partial charge < -0.3 is 9.94 Å². The first kappa shape index (κ1) is 15.7. The SMILES string of the molecule is ONCc1ccc(OCCc2csc(-c3ccccc3)n2)cc1. The molecular formula is C18H18N2O2S. The molecule has 1 heterocycles. The average molecular weight is 326 g/mol. The van der Waals surface area contributed by atoms with Gasteiger partial charge in [-0.2, -0.15) is 0 Å². The van der Waals surface area contributed by atoms with E-state index in [0.717, 1.165) is 34.0 Å². The van der Waals surface area contributed by atoms with Gasteiger partial charge in [-0.05, 0) is 17.7 Å². The van der Waals surface area contributed by atoms with E-state index in [4.69, 9.17) is 9.94 Å². The Labute approximate surface area is 139 Å². The van der Waals surface area contributed by atoms with Crippen LogP contribution in [0.4, 0.5) is 0 Å². The second kappa shape index (κ2) is 7.87. The van der Waals surface area contributed by atoms with Crippen LogP contribution in [0.15, 0.2) is 60.0 Å². The molecule has 0 amide bonds. The van der Waals surface area contributed by atoms with Crippen LogP contribution < -0.4 is 10.2 Å². The summed E-state index contributed by atoms with van der Waals surface area (Å²) in [5.41, 5.74) is 5.34. The fraction of sp³-hybridized carbons (Fsp3) is 0.167. The third-order valence-electron chi connectivity index (χ3n) is 3.41. The van der Waals surface area contributed by atoms with Crippen LogP contribution in [0.3, 0.4) is 0 Å². The summed E-state index contributed by atoms with van der Waals surface area (Å²) in [4.78, 5) is 4.65. The average Bonchev–Trinajstić information content (AvgIpc) is 3.06. The van der Waals surface area contributed by atoms with E-state index in [1.54, 1.807) is 11.3 Å². The van der Waals surface area contributed by atoms with Gasteiger partial charge >= 0.3 is 0 Å². The van der Waals surface area contributed by atoms with E-state index in [0.29, 0.717) is 13.2 Å². The molecule has 0 saturated carbocycles. The molecule has 0 aliphatic rings. The number of nitrogens with zero attached hydrogens (tertiary/aromatic N) is 1. The Balaban J connectivity index is 1.52. The molecule has 23 heavy (non-hydrogen) atoms. The lowest BCUT2D eigenvalue weighted by atomic mass is 10.2. The van der Waals surface area contributed by atoms with Crippen LogP contribution in [-0.2, 0) is 13.0 Å². The summed E-state index contributed by atoms with van der Waals surface area (Å²) >= 11 is 1.66. The summed E-state index contributed by atoms with van der Waals surface area (Å²) < 4.78 is 5.74. The number of aromatic nitrogens is 1. The van der Waals surface area contributed by atoms with Gasteiger partial charge in [-0.25, -0.2) is 10.5 Å². The lowest BCUT2D eigenvalue weighted by molar-refractivity contribution is 0.161. The molecule has 0 fully saturated rings. The highest BCUT2D eigenvalue weighted by Crippen LogP contribution is 2.23. The van der Waals surface area contributed by atoms with Crippen molar-refractivity contribution in [1.82, 2.24) is 10.5 Å². The summed E-state index contributed by atoms with van der Waals surface area (Å²) in [6, 6.07) is 17.9. The Bertz CT molecular complexity index is 726. The maximum absolute atomic E-state index is 8.65. The van der Waals surface area contributed by atoms with Gasteiger partial charge in [-0.15, -0.1) is 11.3 Å². The number of hydrogen-bond acceptors (Lipinski definition) is 5. The molecule has 0 unspecified atom stereocenters. The topological polar surface area (TPSA) is 54.4 Å². The van der Waals surface area contributed by atoms with E-state index < -0.39 is 0 Å². The minimum absolute atomic E-state index is 0.432. The molecule has 118 valence electrons. The molecule has 4 nitrogen and oxygen atoms in total. The summed E-state index contributed by atoms with van der Waals surface area (Å²) in [7, 11) is 0. The molecule has 0 aliphatic carbocycles. The Hall–Kier alpha value is -2.21. The van der Waals surface area contributed by atoms with Gasteiger partial charge in [0.15, 0.2) is 0 Å². The van der Waals surface area contributed by atoms with Crippen LogP contribution in [-0.4, -0.2) is 16.8 Å². The highest BCUT2D eigenvalue weighted by molar-refractivity contribution is 7.13. The summed E-state index contributed by atoms with van der Waals surface area (Å²) in [6.45, 7) is 1.02. The number of thiazole rings is 1. The zero-order valence-electron chi connectivity index (χ0n) is 12.6. The molecule has 2 aromatic carbocycles. The zero-order chi connectivity index (χ0) is 15.9. The van der Waals surface area contributed by atoms with Gasteiger partial charge in [-0.1, -0.05) is 42.5 Å². The quantitative estimate of drug-likeness (QED) is 0.646. The lowest BCUT2D eigenvalue weighted by Gasteiger charge is -2.06. The van der Waals surface area contributed by atoms with Crippen molar-refractivity contribution in [3.63, 3.8) is 0 Å². The Morgan fingerprint density at radius 1 is 1.04 bits per heavy atom. The number of ether oxygens (including phenoxy) is 1. The third-order valence-corrected chi connectivity index (χ3v) is 4.35. The molecule has 3 rings (SSSR count). The van der Waals surface area contributed by atoms with Crippen molar-refractivity contribution in [2.45, 2.75) is 13.0 Å². The minimum Gasteiger partial charge on any atom is -0.493 e. The third kappa shape index (κ3) is 4.39. The Morgan fingerprint density at radius 2 is 1.83 bits per heavy atom. The Kier molecular flexibility index (Phi) is 5.37. The number of nitrogens with one attached hydrogen (secondary N) is 1. The summed E-state index contributed by atoms with van der Waals surface area (Å²) in [5, 5.41) is 11.8. The van der Waals surface area contributed by atoms with Gasteiger partial charge in [0.25, 0.3) is 0 Å². The molecule has 2 N–H and O–H groups in total. The molecule has 3 aromatic rings. The zero-order valence-corrected chi connectivity index (χ0v) is 13.4. The van der Waals surface area contributed by atoms with Crippen molar-refractivity contribution in [1.29, 1.82) is 0 Å². The number of hydrogen-bond donors (Lipinski definition) is 2. The van der Waals surface area contributed by atoms with Crippen molar-refractivity contribution >= 4 is 11.3 Å². The second-order valence-electron chi connectivity index (χ2n) is 5.09. The van der Waals surface area contributed by atoms with Gasteiger partial charge in [0.1, 0.15) is 10.8 Å². The first-order valence-electron chi connectivity index (χ1n) is 7.43. The van der Waals surface area contributed by atoms with Gasteiger partial charge in [0, 0.05) is 23.9 Å². The van der Waals surface area contributed by atoms with Crippen molar-refractivity contribution in [3.05, 3.63) is 71.2 Å². The molecule has 0 radical (unpaired) electrons. The standard InChI is InChI=1S/C18H18N2O2S/c21-19-12-14-6-8-17(9-7-14)22-11-10-16-13-23-18(20-16)15-4-2-1-3-5-15/h1-9,13,19,21H,10-12H2. The smallest absolute Gasteiger partial charge is 0.123 e. The molecule has 0 bridgehead atoms. The highest BCUT2D eigenvalue weighted by Gasteiger charge is 2.04. The summed E-state index contributed by atoms with van der Waals surface area (Å²) in [6.07, 6.45) is 0.781. The van der Waals surface area contributed by atoms with E-state index in [1.807, 2.05) is 42.5 Å². The minimum atomic E-state index is 0.432. The normalized spacial score (nSPS) is 10.7. The van der Waals surface area contributed by atoms with Crippen molar-refractivity contribution < 1.29 is 9.94 Å². The van der Waals surface area contributed by atoms with Crippen LogP contribution in [0.1, 0.15) is 11.3 Å². The van der Waals surface area contributed by atoms with Gasteiger partial charge in [-0.3, -0.25) is 0 Å². The molecule has 5 heteroatoms. The number of rotatable bonds is 7. The van der Waals surface area contributed by atoms with Crippen molar-refractivity contribution in [3.8, 4) is 16.3 Å². The molecule has 0 saturated heterocycles. The predicted molar refractivity (Wildman–Crippen MR) is 91.8 cm³/mol. The van der Waals surface area contributed by atoms with E-state index >= 15 is 0 Å². The molecule has 0 aliphatic heterocycles. The fourth-order valence-corrected chi connectivity index (χ4v) is 3.06. The first-order chi connectivity index (χ1) is 11.3. The van der Waals surface area contributed by atoms with Crippen molar-refractivity contribution in [2.24, 2.45) is 0 Å². The second-order valence-corrected chi connectivity index (χ2v) is 5.95. The van der Waals surface area contributed by atoms with E-state index in [-0.39, 0.29) is 0 Å². The van der Waals surface area contributed by atoms with Gasteiger partial charge in [0.2, 0.25) is 0 Å². The maximum Gasteiger partial charge on any atom is 0.123 e. The monoisotopic (exact) mass is 326 g/mol. The Morgan fingerprint density at radius 3 is 2.57 bits per heavy atom. The van der Waals surface area contributed by atoms with E-state index in [2.05, 4.69) is 28.0 Å². The molecule has 0 atom stereocenters. The van der Waals surface area contributed by atoms with Crippen LogP contribution in [0.2, 0.25) is 0 Å². The lowest BCUT2D eigenvalue weighted by Crippen LogP contribution is -2.06. The number of benzene rings is 2. The van der Waals surface area contributed by atoms with Crippen LogP contribution >= 0.6 is 11.3 Å². The molecular weight excluding hydrogens is 308 g/mol. The predicted octanol–water partition coefficient (Wildman–Crippen LogP) is 3.91. The fourth-order valence-electron chi connectivity index (χ4n) is 2.20. The molecule has 1 aromatic heterocycles. The maximum atomic E-state index is 8.65. The van der Waals surface area contributed by atoms with Crippen LogP contribution in [0.5, 0.6) is 5.75 Å². The highest BCUT2D eigenvalue weighted by atomic mass is 32.1. The largest absolute Gasteiger partial charge is 0.493 e. The first-order valence-corrected chi connectivity index (χ1v) is 8.31. The van der Waals surface area contributed by atoms with Crippen LogP contribution in [0.25, 0.3) is 10.6 Å². The summed E-state index contributed by atoms with van der Waals surface area (Å²) in [5.74, 6) is 0.824. The van der Waals surface area contributed by atoms with E-state index in [9.17, 15) is 0 Å². The van der Waals surface area contributed by atoms with Gasteiger partial charge in [0.05, 0.1) is 12.3 Å². The number of hydroxylamine groups is 1.